The van der Waals surface area contributed by atoms with Crippen molar-refractivity contribution < 1.29 is 19.4 Å². The van der Waals surface area contributed by atoms with Crippen molar-refractivity contribution in [3.63, 3.8) is 0 Å². The first-order valence-corrected chi connectivity index (χ1v) is 8.60. The first-order valence-electron chi connectivity index (χ1n) is 8.60. The highest BCUT2D eigenvalue weighted by atomic mass is 16.5. The lowest BCUT2D eigenvalue weighted by atomic mass is 10.1. The van der Waals surface area contributed by atoms with E-state index in [9.17, 15) is 14.7 Å². The molecule has 1 aliphatic rings. The maximum absolute atomic E-state index is 12.3. The van der Waals surface area contributed by atoms with E-state index >= 15 is 0 Å². The summed E-state index contributed by atoms with van der Waals surface area (Å²) in [6, 6.07) is 14.9. The number of piperazine rings is 1. The van der Waals surface area contributed by atoms with Gasteiger partial charge in [0.05, 0.1) is 0 Å². The van der Waals surface area contributed by atoms with Gasteiger partial charge >= 0.3 is 5.97 Å². The van der Waals surface area contributed by atoms with E-state index in [4.69, 9.17) is 4.74 Å². The van der Waals surface area contributed by atoms with Crippen molar-refractivity contribution >= 4 is 17.6 Å². The molecule has 0 saturated carbocycles. The summed E-state index contributed by atoms with van der Waals surface area (Å²) in [5, 5.41) is 9.92. The minimum Gasteiger partial charge on any atom is -0.507 e. The number of para-hydroxylation sites is 2. The number of amides is 1. The number of aryl methyl sites for hydroxylation is 1. The van der Waals surface area contributed by atoms with Crippen LogP contribution in [0.3, 0.4) is 0 Å². The molecule has 1 heterocycles. The van der Waals surface area contributed by atoms with Crippen LogP contribution >= 0.6 is 0 Å². The highest BCUT2D eigenvalue weighted by Gasteiger charge is 2.23. The molecular weight excluding hydrogens is 332 g/mol. The zero-order valence-electron chi connectivity index (χ0n) is 14.7. The molecule has 2 aromatic carbocycles. The second kappa shape index (κ2) is 7.91. The van der Waals surface area contributed by atoms with E-state index < -0.39 is 5.97 Å². The Morgan fingerprint density at radius 3 is 2.38 bits per heavy atom. The van der Waals surface area contributed by atoms with Crippen LogP contribution in [0, 0.1) is 6.92 Å². The van der Waals surface area contributed by atoms with Gasteiger partial charge in [-0.15, -0.1) is 0 Å². The molecule has 0 atom stereocenters. The smallest absolute Gasteiger partial charge is 0.342 e. The molecule has 1 amide bonds. The maximum atomic E-state index is 12.3. The van der Waals surface area contributed by atoms with Gasteiger partial charge in [0.2, 0.25) is 0 Å². The summed E-state index contributed by atoms with van der Waals surface area (Å²) in [5.74, 6) is -1.03. The van der Waals surface area contributed by atoms with Crippen LogP contribution in [0.1, 0.15) is 15.9 Å². The molecule has 6 nitrogen and oxygen atoms in total. The van der Waals surface area contributed by atoms with E-state index in [1.54, 1.807) is 24.0 Å². The molecule has 136 valence electrons. The summed E-state index contributed by atoms with van der Waals surface area (Å²) in [5.41, 5.74) is 1.80. The van der Waals surface area contributed by atoms with Gasteiger partial charge in [0.25, 0.3) is 5.91 Å². The summed E-state index contributed by atoms with van der Waals surface area (Å²) < 4.78 is 5.09. The fraction of sp³-hybridized carbons (Fsp3) is 0.300. The first kappa shape index (κ1) is 17.8. The lowest BCUT2D eigenvalue weighted by molar-refractivity contribution is -0.134. The summed E-state index contributed by atoms with van der Waals surface area (Å²) in [6.07, 6.45) is 0. The third-order valence-corrected chi connectivity index (χ3v) is 4.54. The van der Waals surface area contributed by atoms with Crippen molar-refractivity contribution in [3.8, 4) is 5.75 Å². The predicted octanol–water partition coefficient (Wildman–Crippen LogP) is 2.21. The molecule has 1 fully saturated rings. The lowest BCUT2D eigenvalue weighted by Crippen LogP contribution is -2.49. The van der Waals surface area contributed by atoms with Crippen LogP contribution in [0.4, 0.5) is 5.69 Å². The van der Waals surface area contributed by atoms with Crippen LogP contribution in [-0.2, 0) is 9.53 Å². The van der Waals surface area contributed by atoms with Crippen LogP contribution < -0.4 is 4.90 Å². The second-order valence-electron chi connectivity index (χ2n) is 6.25. The molecule has 1 aliphatic heterocycles. The summed E-state index contributed by atoms with van der Waals surface area (Å²) in [4.78, 5) is 28.3. The molecule has 0 unspecified atom stereocenters. The van der Waals surface area contributed by atoms with Crippen molar-refractivity contribution in [1.29, 1.82) is 0 Å². The summed E-state index contributed by atoms with van der Waals surface area (Å²) >= 11 is 0. The molecule has 0 aromatic heterocycles. The zero-order chi connectivity index (χ0) is 18.5. The number of anilines is 1. The number of rotatable bonds is 4. The van der Waals surface area contributed by atoms with Gasteiger partial charge in [-0.25, -0.2) is 4.79 Å². The van der Waals surface area contributed by atoms with Crippen molar-refractivity contribution in [2.45, 2.75) is 6.92 Å². The molecule has 6 heteroatoms. The van der Waals surface area contributed by atoms with Crippen molar-refractivity contribution in [1.82, 2.24) is 4.90 Å². The van der Waals surface area contributed by atoms with E-state index in [-0.39, 0.29) is 23.8 Å². The number of hydrogen-bond donors (Lipinski definition) is 1. The molecule has 0 aliphatic carbocycles. The van der Waals surface area contributed by atoms with Gasteiger partial charge in [-0.2, -0.15) is 0 Å². The molecule has 0 bridgehead atoms. The van der Waals surface area contributed by atoms with Gasteiger partial charge in [-0.1, -0.05) is 30.3 Å². The number of hydrogen-bond acceptors (Lipinski definition) is 5. The van der Waals surface area contributed by atoms with Crippen molar-refractivity contribution in [2.75, 3.05) is 37.7 Å². The van der Waals surface area contributed by atoms with E-state index in [1.807, 2.05) is 30.3 Å². The Morgan fingerprint density at radius 1 is 1.00 bits per heavy atom. The molecule has 0 radical (unpaired) electrons. The quantitative estimate of drug-likeness (QED) is 0.853. The average molecular weight is 354 g/mol. The number of nitrogens with zero attached hydrogens (tertiary/aromatic N) is 2. The Hall–Kier alpha value is -3.02. The third kappa shape index (κ3) is 3.96. The highest BCUT2D eigenvalue weighted by molar-refractivity contribution is 5.94. The van der Waals surface area contributed by atoms with Crippen molar-refractivity contribution in [2.24, 2.45) is 0 Å². The van der Waals surface area contributed by atoms with E-state index in [0.717, 1.165) is 18.8 Å². The van der Waals surface area contributed by atoms with E-state index in [0.29, 0.717) is 18.7 Å². The van der Waals surface area contributed by atoms with Gasteiger partial charge in [-0.3, -0.25) is 4.79 Å². The number of carbonyl (C=O) groups is 2. The minimum atomic E-state index is -0.692. The molecule has 0 spiro atoms. The fourth-order valence-corrected chi connectivity index (χ4v) is 2.97. The van der Waals surface area contributed by atoms with Gasteiger partial charge in [0.15, 0.2) is 6.61 Å². The number of benzene rings is 2. The van der Waals surface area contributed by atoms with E-state index in [1.165, 1.54) is 6.07 Å². The van der Waals surface area contributed by atoms with Gasteiger partial charge in [-0.05, 0) is 30.7 Å². The topological polar surface area (TPSA) is 70.1 Å². The largest absolute Gasteiger partial charge is 0.507 e. The number of carbonyl (C=O) groups excluding carboxylic acids is 2. The minimum absolute atomic E-state index is 0.0756. The number of phenols is 1. The Bertz CT molecular complexity index is 784. The molecule has 26 heavy (non-hydrogen) atoms. The maximum Gasteiger partial charge on any atom is 0.342 e. The fourth-order valence-electron chi connectivity index (χ4n) is 2.97. The van der Waals surface area contributed by atoms with Gasteiger partial charge in [0.1, 0.15) is 11.3 Å². The van der Waals surface area contributed by atoms with Crippen LogP contribution in [0.5, 0.6) is 5.75 Å². The normalized spacial score (nSPS) is 14.2. The average Bonchev–Trinajstić information content (AvgIpc) is 2.69. The molecule has 2 aromatic rings. The van der Waals surface area contributed by atoms with Crippen LogP contribution in [0.25, 0.3) is 0 Å². The van der Waals surface area contributed by atoms with E-state index in [2.05, 4.69) is 4.90 Å². The third-order valence-electron chi connectivity index (χ3n) is 4.54. The molecule has 1 saturated heterocycles. The Morgan fingerprint density at radius 2 is 1.69 bits per heavy atom. The Kier molecular flexibility index (Phi) is 5.41. The van der Waals surface area contributed by atoms with Gasteiger partial charge in [0, 0.05) is 31.9 Å². The zero-order valence-corrected chi connectivity index (χ0v) is 14.7. The molecule has 1 N–H and O–H groups in total. The summed E-state index contributed by atoms with van der Waals surface area (Å²) in [7, 11) is 0. The van der Waals surface area contributed by atoms with Crippen LogP contribution in [0.15, 0.2) is 48.5 Å². The Labute approximate surface area is 152 Å². The summed E-state index contributed by atoms with van der Waals surface area (Å²) in [6.45, 7) is 4.02. The SMILES string of the molecule is Cc1cccc(C(=O)OCC(=O)N2CCN(c3ccccc3)CC2)c1O. The second-order valence-corrected chi connectivity index (χ2v) is 6.25. The van der Waals surface area contributed by atoms with Crippen LogP contribution in [0.2, 0.25) is 0 Å². The standard InChI is InChI=1S/C20H22N2O4/c1-15-6-5-9-17(19(15)24)20(25)26-14-18(23)22-12-10-21(11-13-22)16-7-3-2-4-8-16/h2-9,24H,10-14H2,1H3. The molecule has 3 rings (SSSR count). The number of aromatic hydroxyl groups is 1. The van der Waals surface area contributed by atoms with Crippen LogP contribution in [-0.4, -0.2) is 54.7 Å². The Balaban J connectivity index is 1.50. The lowest BCUT2D eigenvalue weighted by Gasteiger charge is -2.36. The molecular formula is C20H22N2O4. The van der Waals surface area contributed by atoms with Crippen molar-refractivity contribution in [3.05, 3.63) is 59.7 Å². The monoisotopic (exact) mass is 354 g/mol. The van der Waals surface area contributed by atoms with Gasteiger partial charge < -0.3 is 19.6 Å². The number of ether oxygens (including phenoxy) is 1. The highest BCUT2D eigenvalue weighted by Crippen LogP contribution is 2.22. The predicted molar refractivity (Wildman–Crippen MR) is 98.4 cm³/mol. The first-order chi connectivity index (χ1) is 12.6. The number of esters is 1. The number of phenolic OH excluding ortho intramolecular Hbond substituents is 1.